The molecular formula is C11H18N5O11P3. The zero-order valence-electron chi connectivity index (χ0n) is 15.2. The molecule has 2 aromatic rings. The maximum Gasteiger partial charge on any atom is 0.488 e. The number of hydrogen-bond donors (Lipinski definition) is 5. The van der Waals surface area contributed by atoms with Crippen molar-refractivity contribution in [2.45, 2.75) is 24.9 Å². The van der Waals surface area contributed by atoms with Crippen LogP contribution in [0.3, 0.4) is 0 Å². The van der Waals surface area contributed by atoms with Crippen molar-refractivity contribution >= 4 is 40.2 Å². The van der Waals surface area contributed by atoms with E-state index < -0.39 is 48.3 Å². The van der Waals surface area contributed by atoms with Crippen LogP contribution in [0.2, 0.25) is 0 Å². The summed E-state index contributed by atoms with van der Waals surface area (Å²) in [4.78, 5) is 38.4. The molecule has 0 aliphatic carbocycles. The fourth-order valence-corrected chi connectivity index (χ4v) is 6.25. The van der Waals surface area contributed by atoms with Gasteiger partial charge in [0, 0.05) is 13.1 Å². The second kappa shape index (κ2) is 8.34. The van der Waals surface area contributed by atoms with Gasteiger partial charge in [0.25, 0.3) is 0 Å². The number of phosphoric acid groups is 2. The van der Waals surface area contributed by atoms with E-state index in [0.717, 1.165) is 6.66 Å². The van der Waals surface area contributed by atoms with Crippen LogP contribution in [0.25, 0.3) is 11.2 Å². The van der Waals surface area contributed by atoms with E-state index >= 15 is 0 Å². The summed E-state index contributed by atoms with van der Waals surface area (Å²) in [5.74, 6) is 0.159. The zero-order valence-corrected chi connectivity index (χ0v) is 17.8. The molecule has 2 aromatic heterocycles. The molecule has 1 aliphatic rings. The third-order valence-corrected chi connectivity index (χ3v) is 8.14. The minimum atomic E-state index is -5.39. The highest BCUT2D eigenvalue weighted by Crippen LogP contribution is 2.66. The Hall–Kier alpha value is -1.28. The summed E-state index contributed by atoms with van der Waals surface area (Å²) >= 11 is 0. The number of imidazole rings is 1. The van der Waals surface area contributed by atoms with Gasteiger partial charge in [0.05, 0.1) is 19.0 Å². The van der Waals surface area contributed by atoms with Crippen molar-refractivity contribution in [3.63, 3.8) is 0 Å². The van der Waals surface area contributed by atoms with Crippen LogP contribution < -0.4 is 5.73 Å². The fraction of sp³-hybridized carbons (Fsp3) is 0.545. The highest BCUT2D eigenvalue weighted by atomic mass is 31.3. The molecule has 1 fully saturated rings. The first-order valence-electron chi connectivity index (χ1n) is 8.06. The van der Waals surface area contributed by atoms with E-state index in [-0.39, 0.29) is 12.2 Å². The van der Waals surface area contributed by atoms with Crippen molar-refractivity contribution < 1.29 is 51.4 Å². The van der Waals surface area contributed by atoms with Crippen LogP contribution in [0.5, 0.6) is 0 Å². The van der Waals surface area contributed by atoms with E-state index in [4.69, 9.17) is 24.8 Å². The van der Waals surface area contributed by atoms with Crippen LogP contribution in [0.4, 0.5) is 5.82 Å². The molecular weight excluding hydrogens is 471 g/mol. The standard InChI is InChI=1S/C11H18N5O11P3/c1-28(18,26-30(22,23)27-29(19,20)21)24-3-7-6(17)2-8(25-7)16-5-15-9-10(12)13-4-14-11(9)16/h4-8,17H,2-3H2,1H3,(H,22,23)(H2,12,13,14)(H2,19,20,21)/t6?,7-,8-,28?/m1/s1. The van der Waals surface area contributed by atoms with Crippen LogP contribution >= 0.6 is 23.2 Å². The third kappa shape index (κ3) is 5.69. The first-order valence-corrected chi connectivity index (χ1v) is 13.1. The van der Waals surface area contributed by atoms with Gasteiger partial charge in [-0.1, -0.05) is 0 Å². The Morgan fingerprint density at radius 2 is 1.93 bits per heavy atom. The molecule has 0 bridgehead atoms. The molecule has 3 heterocycles. The summed E-state index contributed by atoms with van der Waals surface area (Å²) in [6.07, 6.45) is -0.126. The van der Waals surface area contributed by atoms with Crippen LogP contribution in [-0.4, -0.2) is 64.8 Å². The van der Waals surface area contributed by atoms with Crippen LogP contribution in [-0.2, 0) is 31.6 Å². The van der Waals surface area contributed by atoms with Gasteiger partial charge in [0.2, 0.25) is 0 Å². The largest absolute Gasteiger partial charge is 0.488 e. The molecule has 0 spiro atoms. The lowest BCUT2D eigenvalue weighted by atomic mass is 10.2. The Kier molecular flexibility index (Phi) is 6.50. The van der Waals surface area contributed by atoms with Crippen molar-refractivity contribution in [1.82, 2.24) is 19.5 Å². The summed E-state index contributed by atoms with van der Waals surface area (Å²) in [6.45, 7) is 0.242. The maximum atomic E-state index is 12.2. The molecule has 3 unspecified atom stereocenters. The zero-order chi connectivity index (χ0) is 22.3. The van der Waals surface area contributed by atoms with Crippen molar-refractivity contribution in [3.8, 4) is 0 Å². The molecule has 6 N–H and O–H groups in total. The van der Waals surface area contributed by atoms with E-state index in [0.29, 0.717) is 11.2 Å². The van der Waals surface area contributed by atoms with Crippen LogP contribution in [0, 0.1) is 0 Å². The molecule has 16 nitrogen and oxygen atoms in total. The number of fused-ring (bicyclic) bond motifs is 1. The van der Waals surface area contributed by atoms with Gasteiger partial charge in [-0.05, 0) is 0 Å². The number of rotatable bonds is 8. The molecule has 19 heteroatoms. The summed E-state index contributed by atoms with van der Waals surface area (Å²) in [7, 11) is -15.1. The maximum absolute atomic E-state index is 12.2. The van der Waals surface area contributed by atoms with Gasteiger partial charge in [-0.25, -0.2) is 28.4 Å². The van der Waals surface area contributed by atoms with Crippen LogP contribution in [0.15, 0.2) is 12.7 Å². The highest BCUT2D eigenvalue weighted by Gasteiger charge is 2.41. The first-order chi connectivity index (χ1) is 13.8. The minimum Gasteiger partial charge on any atom is -0.390 e. The van der Waals surface area contributed by atoms with Crippen molar-refractivity contribution in [2.75, 3.05) is 19.0 Å². The monoisotopic (exact) mass is 489 g/mol. The summed E-state index contributed by atoms with van der Waals surface area (Å²) < 4.78 is 54.2. The van der Waals surface area contributed by atoms with Gasteiger partial charge in [-0.3, -0.25) is 9.13 Å². The van der Waals surface area contributed by atoms with Crippen molar-refractivity contribution in [3.05, 3.63) is 12.7 Å². The number of nitrogen functional groups attached to an aromatic ring is 1. The van der Waals surface area contributed by atoms with E-state index in [1.807, 2.05) is 0 Å². The Morgan fingerprint density at radius 3 is 2.60 bits per heavy atom. The number of aliphatic hydroxyl groups is 1. The topological polar surface area (TPSA) is 239 Å². The molecule has 0 saturated carbocycles. The quantitative estimate of drug-likeness (QED) is 0.309. The second-order valence-electron chi connectivity index (χ2n) is 6.20. The Labute approximate surface area is 168 Å². The lowest BCUT2D eigenvalue weighted by Crippen LogP contribution is -2.26. The molecule has 30 heavy (non-hydrogen) atoms. The smallest absolute Gasteiger partial charge is 0.390 e. The summed E-state index contributed by atoms with van der Waals surface area (Å²) in [5, 5.41) is 10.2. The molecule has 0 aromatic carbocycles. The minimum absolute atomic E-state index is 0.0814. The Balaban J connectivity index is 1.64. The normalized spacial score (nSPS) is 26.5. The van der Waals surface area contributed by atoms with Gasteiger partial charge in [-0.15, -0.1) is 0 Å². The number of nitrogens with zero attached hydrogens (tertiary/aromatic N) is 4. The van der Waals surface area contributed by atoms with E-state index in [9.17, 15) is 23.7 Å². The predicted molar refractivity (Wildman–Crippen MR) is 97.8 cm³/mol. The first kappa shape index (κ1) is 23.4. The van der Waals surface area contributed by atoms with Gasteiger partial charge in [-0.2, -0.15) is 4.31 Å². The number of nitrogens with two attached hydrogens (primary N) is 1. The molecule has 3 rings (SSSR count). The second-order valence-corrected chi connectivity index (χ2v) is 11.2. The fourth-order valence-electron chi connectivity index (χ4n) is 2.69. The van der Waals surface area contributed by atoms with E-state index in [1.165, 1.54) is 17.2 Å². The molecule has 1 saturated heterocycles. The van der Waals surface area contributed by atoms with Gasteiger partial charge >= 0.3 is 23.2 Å². The van der Waals surface area contributed by atoms with E-state index in [2.05, 4.69) is 23.6 Å². The lowest BCUT2D eigenvalue weighted by molar-refractivity contribution is -0.0393. The number of ether oxygens (including phenoxy) is 1. The summed E-state index contributed by atoms with van der Waals surface area (Å²) in [6, 6.07) is 0. The number of aliphatic hydroxyl groups excluding tert-OH is 1. The third-order valence-electron chi connectivity index (χ3n) is 3.84. The molecule has 0 amide bonds. The Bertz CT molecular complexity index is 1070. The van der Waals surface area contributed by atoms with Crippen molar-refractivity contribution in [1.29, 1.82) is 0 Å². The van der Waals surface area contributed by atoms with E-state index in [1.54, 1.807) is 0 Å². The average Bonchev–Trinajstić information content (AvgIpc) is 3.14. The van der Waals surface area contributed by atoms with Crippen molar-refractivity contribution in [2.24, 2.45) is 0 Å². The molecule has 1 aliphatic heterocycles. The highest BCUT2D eigenvalue weighted by molar-refractivity contribution is 7.68. The summed E-state index contributed by atoms with van der Waals surface area (Å²) in [5.41, 5.74) is 6.42. The van der Waals surface area contributed by atoms with Crippen LogP contribution in [0.1, 0.15) is 12.6 Å². The Morgan fingerprint density at radius 1 is 1.23 bits per heavy atom. The number of hydrogen-bond acceptors (Lipinski definition) is 12. The molecule has 5 atom stereocenters. The number of aromatic nitrogens is 4. The molecule has 0 radical (unpaired) electrons. The van der Waals surface area contributed by atoms with Gasteiger partial charge < -0.3 is 34.8 Å². The molecule has 168 valence electrons. The predicted octanol–water partition coefficient (Wildman–Crippen LogP) is 0.123. The average molecular weight is 489 g/mol. The SMILES string of the molecule is CP(=O)(OC[C@H]1O[C@@H](n2cnc3c(N)ncnc32)CC1O)OP(=O)(O)OP(=O)(O)O. The number of anilines is 1. The van der Waals surface area contributed by atoms with Gasteiger partial charge in [0.15, 0.2) is 11.5 Å². The van der Waals surface area contributed by atoms with Gasteiger partial charge in [0.1, 0.15) is 24.2 Å². The lowest BCUT2D eigenvalue weighted by Gasteiger charge is -2.20.